The van der Waals surface area contributed by atoms with Gasteiger partial charge in [-0.3, -0.25) is 4.79 Å². The van der Waals surface area contributed by atoms with E-state index < -0.39 is 6.10 Å². The second-order valence-electron chi connectivity index (χ2n) is 8.42. The van der Waals surface area contributed by atoms with Crippen molar-refractivity contribution in [2.75, 3.05) is 47.6 Å². The van der Waals surface area contributed by atoms with Crippen LogP contribution in [0.15, 0.2) is 47.6 Å². The summed E-state index contributed by atoms with van der Waals surface area (Å²) in [5.41, 5.74) is 4.42. The van der Waals surface area contributed by atoms with Crippen molar-refractivity contribution in [2.24, 2.45) is 11.0 Å². The average molecular weight is 486 g/mol. The zero-order chi connectivity index (χ0) is 25.0. The number of piperidine rings is 1. The number of hydrogen-bond acceptors (Lipinski definition) is 8. The van der Waals surface area contributed by atoms with Crippen molar-refractivity contribution in [1.29, 1.82) is 0 Å². The van der Waals surface area contributed by atoms with E-state index in [1.54, 1.807) is 39.7 Å². The summed E-state index contributed by atoms with van der Waals surface area (Å²) in [6.07, 6.45) is 2.41. The number of rotatable bonds is 12. The number of carbonyl (C=O) groups excluding carboxylic acids is 1. The third kappa shape index (κ3) is 7.95. The van der Waals surface area contributed by atoms with Gasteiger partial charge in [-0.05, 0) is 43.6 Å². The van der Waals surface area contributed by atoms with E-state index in [0.717, 1.165) is 18.7 Å². The van der Waals surface area contributed by atoms with Crippen LogP contribution in [0.3, 0.4) is 0 Å². The standard InChI is InChI=1S/C26H35N3O6/c1-32-23-13-20(14-24(33-2)25(23)34-3)15-27-28-26(31)21-9-11-29(12-10-21)16-22(30)18-35-17-19-7-5-4-6-8-19/h4-8,13-15,21-22,30H,9-12,16-18H2,1-3H3,(H,28,31)/b27-15-/t22-/m1/s1. The molecule has 0 aliphatic carbocycles. The Kier molecular flexibility index (Phi) is 10.3. The maximum absolute atomic E-state index is 12.6. The van der Waals surface area contributed by atoms with Crippen molar-refractivity contribution in [3.8, 4) is 17.2 Å². The molecule has 35 heavy (non-hydrogen) atoms. The van der Waals surface area contributed by atoms with E-state index >= 15 is 0 Å². The van der Waals surface area contributed by atoms with Crippen LogP contribution in [0.25, 0.3) is 0 Å². The normalized spacial score (nSPS) is 15.7. The zero-order valence-electron chi connectivity index (χ0n) is 20.6. The zero-order valence-corrected chi connectivity index (χ0v) is 20.6. The van der Waals surface area contributed by atoms with E-state index in [0.29, 0.717) is 48.8 Å². The van der Waals surface area contributed by atoms with Gasteiger partial charge in [0.2, 0.25) is 11.7 Å². The van der Waals surface area contributed by atoms with Crippen LogP contribution in [0.1, 0.15) is 24.0 Å². The first-order valence-corrected chi connectivity index (χ1v) is 11.7. The summed E-state index contributed by atoms with van der Waals surface area (Å²) in [5, 5.41) is 14.4. The SMILES string of the molecule is COc1cc(/C=N\NC(=O)C2CCN(C[C@@H](O)COCc3ccccc3)CC2)cc(OC)c1OC. The summed E-state index contributed by atoms with van der Waals surface area (Å²) in [6, 6.07) is 13.4. The van der Waals surface area contributed by atoms with Crippen LogP contribution < -0.4 is 19.6 Å². The van der Waals surface area contributed by atoms with Gasteiger partial charge in [0.25, 0.3) is 0 Å². The quantitative estimate of drug-likeness (QED) is 0.352. The Morgan fingerprint density at radius 3 is 2.37 bits per heavy atom. The lowest BCUT2D eigenvalue weighted by Crippen LogP contribution is -2.43. The maximum Gasteiger partial charge on any atom is 0.243 e. The Hall–Kier alpha value is -3.14. The Morgan fingerprint density at radius 2 is 1.77 bits per heavy atom. The fourth-order valence-electron chi connectivity index (χ4n) is 4.05. The number of likely N-dealkylation sites (tertiary alicyclic amines) is 1. The van der Waals surface area contributed by atoms with Crippen LogP contribution in [-0.2, 0) is 16.1 Å². The Bertz CT molecular complexity index is 936. The molecule has 1 fully saturated rings. The molecule has 0 unspecified atom stereocenters. The van der Waals surface area contributed by atoms with Gasteiger partial charge in [-0.1, -0.05) is 30.3 Å². The van der Waals surface area contributed by atoms with Gasteiger partial charge in [0.1, 0.15) is 0 Å². The lowest BCUT2D eigenvalue weighted by Gasteiger charge is -2.32. The fraction of sp³-hybridized carbons (Fsp3) is 0.462. The molecule has 1 saturated heterocycles. The number of ether oxygens (including phenoxy) is 4. The molecule has 0 saturated carbocycles. The summed E-state index contributed by atoms with van der Waals surface area (Å²) < 4.78 is 21.6. The van der Waals surface area contributed by atoms with Crippen LogP contribution in [0, 0.1) is 5.92 Å². The molecule has 2 aromatic rings. The summed E-state index contributed by atoms with van der Waals surface area (Å²) in [4.78, 5) is 14.7. The first-order chi connectivity index (χ1) is 17.0. The summed E-state index contributed by atoms with van der Waals surface area (Å²) in [7, 11) is 4.63. The topological polar surface area (TPSA) is 102 Å². The summed E-state index contributed by atoms with van der Waals surface area (Å²) >= 11 is 0. The highest BCUT2D eigenvalue weighted by atomic mass is 16.5. The van der Waals surface area contributed by atoms with E-state index in [4.69, 9.17) is 18.9 Å². The van der Waals surface area contributed by atoms with Crippen LogP contribution >= 0.6 is 0 Å². The van der Waals surface area contributed by atoms with Gasteiger partial charge in [-0.25, -0.2) is 5.43 Å². The minimum Gasteiger partial charge on any atom is -0.493 e. The maximum atomic E-state index is 12.6. The summed E-state index contributed by atoms with van der Waals surface area (Å²) in [5.74, 6) is 1.30. The van der Waals surface area contributed by atoms with Gasteiger partial charge in [-0.15, -0.1) is 0 Å². The monoisotopic (exact) mass is 485 g/mol. The van der Waals surface area contributed by atoms with Crippen LogP contribution in [0.5, 0.6) is 17.2 Å². The van der Waals surface area contributed by atoms with Crippen LogP contribution in [-0.4, -0.2) is 75.8 Å². The number of hydrazone groups is 1. The molecule has 0 bridgehead atoms. The van der Waals surface area contributed by atoms with Crippen LogP contribution in [0.2, 0.25) is 0 Å². The fourth-order valence-corrected chi connectivity index (χ4v) is 4.05. The van der Waals surface area contributed by atoms with E-state index in [1.165, 1.54) is 0 Å². The molecule has 3 rings (SSSR count). The lowest BCUT2D eigenvalue weighted by molar-refractivity contribution is -0.126. The van der Waals surface area contributed by atoms with Crippen molar-refractivity contribution in [2.45, 2.75) is 25.6 Å². The highest BCUT2D eigenvalue weighted by Gasteiger charge is 2.26. The molecule has 1 atom stereocenters. The number of nitrogens with zero attached hydrogens (tertiary/aromatic N) is 2. The van der Waals surface area contributed by atoms with Crippen molar-refractivity contribution in [3.63, 3.8) is 0 Å². The van der Waals surface area contributed by atoms with Crippen LogP contribution in [0.4, 0.5) is 0 Å². The molecule has 0 radical (unpaired) electrons. The highest BCUT2D eigenvalue weighted by molar-refractivity contribution is 5.85. The van der Waals surface area contributed by atoms with Gasteiger partial charge in [0.05, 0.1) is 46.9 Å². The molecule has 2 aromatic carbocycles. The highest BCUT2D eigenvalue weighted by Crippen LogP contribution is 2.37. The number of hydrogen-bond donors (Lipinski definition) is 2. The van der Waals surface area contributed by atoms with Crippen molar-refractivity contribution < 1.29 is 28.8 Å². The smallest absolute Gasteiger partial charge is 0.243 e. The molecule has 9 nitrogen and oxygen atoms in total. The number of amides is 1. The molecule has 9 heteroatoms. The second kappa shape index (κ2) is 13.7. The van der Waals surface area contributed by atoms with E-state index in [-0.39, 0.29) is 18.4 Å². The number of β-amino-alcohol motifs (C(OH)–C–C–N with tert-alkyl or cyclic N) is 1. The predicted molar refractivity (Wildman–Crippen MR) is 133 cm³/mol. The summed E-state index contributed by atoms with van der Waals surface area (Å²) in [6.45, 7) is 2.78. The average Bonchev–Trinajstić information content (AvgIpc) is 2.89. The molecule has 0 spiro atoms. The molecule has 0 aromatic heterocycles. The van der Waals surface area contributed by atoms with E-state index in [9.17, 15) is 9.90 Å². The minimum absolute atomic E-state index is 0.111. The number of carbonyl (C=O) groups is 1. The molecule has 190 valence electrons. The lowest BCUT2D eigenvalue weighted by atomic mass is 9.96. The molecule has 1 amide bonds. The molecular weight excluding hydrogens is 450 g/mol. The molecule has 1 aliphatic heterocycles. The number of aliphatic hydroxyl groups excluding tert-OH is 1. The van der Waals surface area contributed by atoms with Gasteiger partial charge in [0, 0.05) is 18.0 Å². The molecule has 1 aliphatic rings. The molecular formula is C26H35N3O6. The largest absolute Gasteiger partial charge is 0.493 e. The number of aliphatic hydroxyl groups is 1. The van der Waals surface area contributed by atoms with Gasteiger partial charge in [0.15, 0.2) is 11.5 Å². The van der Waals surface area contributed by atoms with Gasteiger partial charge in [-0.2, -0.15) is 5.10 Å². The third-order valence-corrected chi connectivity index (χ3v) is 5.92. The van der Waals surface area contributed by atoms with E-state index in [2.05, 4.69) is 15.4 Å². The third-order valence-electron chi connectivity index (χ3n) is 5.92. The Labute approximate surface area is 206 Å². The molecule has 2 N–H and O–H groups in total. The molecule has 1 heterocycles. The Balaban J connectivity index is 1.39. The number of benzene rings is 2. The first kappa shape index (κ1) is 26.5. The van der Waals surface area contributed by atoms with E-state index in [1.807, 2.05) is 30.3 Å². The van der Waals surface area contributed by atoms with Crippen molar-refractivity contribution >= 4 is 12.1 Å². The second-order valence-corrected chi connectivity index (χ2v) is 8.42. The Morgan fingerprint density at radius 1 is 1.11 bits per heavy atom. The predicted octanol–water partition coefficient (Wildman–Crippen LogP) is 2.45. The van der Waals surface area contributed by atoms with Crippen molar-refractivity contribution in [3.05, 3.63) is 53.6 Å². The number of nitrogens with one attached hydrogen (secondary N) is 1. The number of methoxy groups -OCH3 is 3. The first-order valence-electron chi connectivity index (χ1n) is 11.7. The minimum atomic E-state index is -0.563. The van der Waals surface area contributed by atoms with Gasteiger partial charge < -0.3 is 29.0 Å². The van der Waals surface area contributed by atoms with Crippen molar-refractivity contribution in [1.82, 2.24) is 10.3 Å². The van der Waals surface area contributed by atoms with Gasteiger partial charge >= 0.3 is 0 Å².